The van der Waals surface area contributed by atoms with E-state index in [-0.39, 0.29) is 36.1 Å². The lowest BCUT2D eigenvalue weighted by atomic mass is 10.0. The molecule has 0 aromatic heterocycles. The number of ether oxygens (including phenoxy) is 1. The highest BCUT2D eigenvalue weighted by Crippen LogP contribution is 2.44. The molecule has 0 N–H and O–H groups in total. The van der Waals surface area contributed by atoms with Gasteiger partial charge in [0.1, 0.15) is 12.4 Å². The van der Waals surface area contributed by atoms with Crippen LogP contribution in [0, 0.1) is 5.92 Å². The first-order valence-electron chi connectivity index (χ1n) is 8.14. The van der Waals surface area contributed by atoms with Gasteiger partial charge in [0.05, 0.1) is 17.4 Å². The summed E-state index contributed by atoms with van der Waals surface area (Å²) in [7, 11) is -3.47. The Hall–Kier alpha value is -1.54. The van der Waals surface area contributed by atoms with E-state index in [1.807, 2.05) is 0 Å². The standard InChI is InChI=1S/C17H20F3NO3S/c1-2-8-25(22,23)21-14-7-6-12(9-14)16(21)11-24-15-5-3-4-13(10-15)17(18,19)20/h2-5,10,12,14,16H,1,6-9,11H2/t12-,14+,16+/m0/s1. The van der Waals surface area contributed by atoms with Crippen LogP contribution in [0.3, 0.4) is 0 Å². The molecule has 0 amide bonds. The second kappa shape index (κ2) is 6.64. The molecule has 1 saturated heterocycles. The van der Waals surface area contributed by atoms with Gasteiger partial charge in [0.15, 0.2) is 0 Å². The van der Waals surface area contributed by atoms with Crippen molar-refractivity contribution in [2.24, 2.45) is 5.92 Å². The fourth-order valence-corrected chi connectivity index (χ4v) is 5.63. The molecule has 1 heterocycles. The Balaban J connectivity index is 1.75. The number of fused-ring (bicyclic) bond motifs is 2. The maximum absolute atomic E-state index is 12.8. The van der Waals surface area contributed by atoms with Crippen LogP contribution in [0.15, 0.2) is 36.9 Å². The maximum Gasteiger partial charge on any atom is 0.416 e. The molecular weight excluding hydrogens is 355 g/mol. The SMILES string of the molecule is C=CCS(=O)(=O)N1[C@@H]2CC[C@@H](C2)[C@H]1COc1cccc(C(F)(F)F)c1. The van der Waals surface area contributed by atoms with E-state index < -0.39 is 21.8 Å². The minimum absolute atomic E-state index is 0.0370. The zero-order chi connectivity index (χ0) is 18.2. The number of piperidine rings is 1. The van der Waals surface area contributed by atoms with E-state index in [0.717, 1.165) is 31.4 Å². The molecule has 0 spiro atoms. The predicted octanol–water partition coefficient (Wildman–Crippen LogP) is 3.45. The maximum atomic E-state index is 12.8. The normalized spacial score (nSPS) is 26.8. The van der Waals surface area contributed by atoms with Crippen LogP contribution < -0.4 is 4.74 Å². The van der Waals surface area contributed by atoms with Crippen molar-refractivity contribution in [2.45, 2.75) is 37.5 Å². The summed E-state index contributed by atoms with van der Waals surface area (Å²) in [4.78, 5) is 0. The average molecular weight is 375 g/mol. The molecule has 4 nitrogen and oxygen atoms in total. The van der Waals surface area contributed by atoms with E-state index in [2.05, 4.69) is 6.58 Å². The smallest absolute Gasteiger partial charge is 0.416 e. The molecule has 2 fully saturated rings. The quantitative estimate of drug-likeness (QED) is 0.716. The van der Waals surface area contributed by atoms with Crippen molar-refractivity contribution in [3.05, 3.63) is 42.5 Å². The number of nitrogens with zero attached hydrogens (tertiary/aromatic N) is 1. The summed E-state index contributed by atoms with van der Waals surface area (Å²) >= 11 is 0. The highest BCUT2D eigenvalue weighted by molar-refractivity contribution is 7.89. The van der Waals surface area contributed by atoms with Crippen LogP contribution >= 0.6 is 0 Å². The van der Waals surface area contributed by atoms with Crippen LogP contribution in [0.4, 0.5) is 13.2 Å². The molecule has 1 aromatic carbocycles. The number of benzene rings is 1. The highest BCUT2D eigenvalue weighted by Gasteiger charge is 2.50. The van der Waals surface area contributed by atoms with E-state index in [4.69, 9.17) is 4.74 Å². The lowest BCUT2D eigenvalue weighted by molar-refractivity contribution is -0.137. The Bertz CT molecular complexity index is 748. The molecule has 2 bridgehead atoms. The van der Waals surface area contributed by atoms with E-state index in [9.17, 15) is 21.6 Å². The fourth-order valence-electron chi connectivity index (χ4n) is 3.87. The van der Waals surface area contributed by atoms with Crippen molar-refractivity contribution >= 4 is 10.0 Å². The van der Waals surface area contributed by atoms with Gasteiger partial charge in [-0.1, -0.05) is 12.1 Å². The Kier molecular flexibility index (Phi) is 4.85. The van der Waals surface area contributed by atoms with Gasteiger partial charge in [-0.25, -0.2) is 8.42 Å². The first-order chi connectivity index (χ1) is 11.7. The Labute approximate surface area is 145 Å². The van der Waals surface area contributed by atoms with Gasteiger partial charge in [0.2, 0.25) is 10.0 Å². The van der Waals surface area contributed by atoms with Gasteiger partial charge in [0.25, 0.3) is 0 Å². The van der Waals surface area contributed by atoms with Crippen molar-refractivity contribution in [3.8, 4) is 5.75 Å². The topological polar surface area (TPSA) is 46.6 Å². The van der Waals surface area contributed by atoms with Crippen molar-refractivity contribution < 1.29 is 26.3 Å². The highest BCUT2D eigenvalue weighted by atomic mass is 32.2. The summed E-state index contributed by atoms with van der Waals surface area (Å²) < 4.78 is 70.4. The third-order valence-corrected chi connectivity index (χ3v) is 6.78. The summed E-state index contributed by atoms with van der Waals surface area (Å²) in [5, 5.41) is 0. The summed E-state index contributed by atoms with van der Waals surface area (Å²) in [6, 6.07) is 4.28. The van der Waals surface area contributed by atoms with E-state index in [1.54, 1.807) is 0 Å². The molecule has 3 rings (SSSR count). The fraction of sp³-hybridized carbons (Fsp3) is 0.529. The molecule has 8 heteroatoms. The molecule has 138 valence electrons. The lowest BCUT2D eigenvalue weighted by Crippen LogP contribution is -2.48. The molecule has 0 radical (unpaired) electrons. The molecular formula is C17H20F3NO3S. The van der Waals surface area contributed by atoms with Crippen molar-refractivity contribution in [3.63, 3.8) is 0 Å². The van der Waals surface area contributed by atoms with Gasteiger partial charge in [-0.3, -0.25) is 0 Å². The second-order valence-electron chi connectivity index (χ2n) is 6.53. The van der Waals surface area contributed by atoms with Gasteiger partial charge in [-0.2, -0.15) is 17.5 Å². The van der Waals surface area contributed by atoms with Gasteiger partial charge >= 0.3 is 6.18 Å². The third kappa shape index (κ3) is 3.69. The van der Waals surface area contributed by atoms with Crippen molar-refractivity contribution in [2.75, 3.05) is 12.4 Å². The molecule has 1 aliphatic heterocycles. The van der Waals surface area contributed by atoms with Gasteiger partial charge in [-0.05, 0) is 43.4 Å². The van der Waals surface area contributed by atoms with Crippen LogP contribution in [0.25, 0.3) is 0 Å². The van der Waals surface area contributed by atoms with Crippen LogP contribution in [-0.2, 0) is 16.2 Å². The summed E-state index contributed by atoms with van der Waals surface area (Å²) in [6.07, 6.45) is -0.563. The molecule has 1 saturated carbocycles. The van der Waals surface area contributed by atoms with E-state index in [0.29, 0.717) is 0 Å². The van der Waals surface area contributed by atoms with Crippen LogP contribution in [0.2, 0.25) is 0 Å². The van der Waals surface area contributed by atoms with Gasteiger partial charge < -0.3 is 4.74 Å². The second-order valence-corrected chi connectivity index (χ2v) is 8.45. The monoisotopic (exact) mass is 375 g/mol. The Morgan fingerprint density at radius 1 is 1.32 bits per heavy atom. The first-order valence-corrected chi connectivity index (χ1v) is 9.75. The van der Waals surface area contributed by atoms with Crippen molar-refractivity contribution in [1.82, 2.24) is 4.31 Å². The van der Waals surface area contributed by atoms with Crippen LogP contribution in [-0.4, -0.2) is 37.2 Å². The first kappa shape index (κ1) is 18.3. The Morgan fingerprint density at radius 3 is 2.76 bits per heavy atom. The number of hydrogen-bond donors (Lipinski definition) is 0. The summed E-state index contributed by atoms with van der Waals surface area (Å²) in [5.74, 6) is 0.144. The summed E-state index contributed by atoms with van der Waals surface area (Å²) in [5.41, 5.74) is -0.783. The van der Waals surface area contributed by atoms with E-state index in [1.165, 1.54) is 22.5 Å². The largest absolute Gasteiger partial charge is 0.492 e. The number of rotatable bonds is 6. The minimum atomic E-state index is -4.44. The van der Waals surface area contributed by atoms with Crippen LogP contribution in [0.5, 0.6) is 5.75 Å². The zero-order valence-electron chi connectivity index (χ0n) is 13.6. The van der Waals surface area contributed by atoms with Crippen molar-refractivity contribution in [1.29, 1.82) is 0 Å². The molecule has 3 atom stereocenters. The lowest BCUT2D eigenvalue weighted by Gasteiger charge is -2.33. The summed E-state index contributed by atoms with van der Waals surface area (Å²) in [6.45, 7) is 3.54. The molecule has 0 unspecified atom stereocenters. The Morgan fingerprint density at radius 2 is 2.08 bits per heavy atom. The van der Waals surface area contributed by atoms with E-state index >= 15 is 0 Å². The van der Waals surface area contributed by atoms with Crippen LogP contribution in [0.1, 0.15) is 24.8 Å². The number of halogens is 3. The molecule has 1 aliphatic carbocycles. The zero-order valence-corrected chi connectivity index (χ0v) is 14.4. The molecule has 2 aliphatic rings. The minimum Gasteiger partial charge on any atom is -0.492 e. The molecule has 1 aromatic rings. The number of sulfonamides is 1. The average Bonchev–Trinajstić information content (AvgIpc) is 3.13. The van der Waals surface area contributed by atoms with Gasteiger partial charge in [0, 0.05) is 6.04 Å². The molecule has 25 heavy (non-hydrogen) atoms. The number of hydrogen-bond acceptors (Lipinski definition) is 3. The predicted molar refractivity (Wildman–Crippen MR) is 87.7 cm³/mol. The van der Waals surface area contributed by atoms with Gasteiger partial charge in [-0.15, -0.1) is 6.58 Å². The third-order valence-electron chi connectivity index (χ3n) is 4.91. The number of alkyl halides is 3.